The van der Waals surface area contributed by atoms with Gasteiger partial charge in [-0.2, -0.15) is 0 Å². The topological polar surface area (TPSA) is 24.9 Å². The number of aromatic nitrogens is 1. The first kappa shape index (κ1) is 13.8. The highest BCUT2D eigenvalue weighted by atomic mass is 14.9. The van der Waals surface area contributed by atoms with E-state index in [-0.39, 0.29) is 0 Å². The van der Waals surface area contributed by atoms with Crippen LogP contribution in [0.25, 0.3) is 0 Å². The van der Waals surface area contributed by atoms with Gasteiger partial charge in [0.2, 0.25) is 0 Å². The highest BCUT2D eigenvalue weighted by molar-refractivity contribution is 5.25. The number of hydrogen-bond acceptors (Lipinski definition) is 2. The van der Waals surface area contributed by atoms with Crippen LogP contribution in [0, 0.1) is 6.92 Å². The first-order valence-electron chi connectivity index (χ1n) is 6.92. The van der Waals surface area contributed by atoms with Crippen molar-refractivity contribution in [3.63, 3.8) is 0 Å². The Morgan fingerprint density at radius 2 is 1.74 bits per heavy atom. The lowest BCUT2D eigenvalue weighted by atomic mass is 10.0. The normalized spacial score (nSPS) is 12.4. The smallest absolute Gasteiger partial charge is 0.0372 e. The van der Waals surface area contributed by atoms with Crippen LogP contribution in [-0.4, -0.2) is 4.98 Å². The summed E-state index contributed by atoms with van der Waals surface area (Å²) in [4.78, 5) is 4.31. The minimum Gasteiger partial charge on any atom is -0.306 e. The second-order valence-electron chi connectivity index (χ2n) is 5.01. The third-order valence-corrected chi connectivity index (χ3v) is 3.47. The van der Waals surface area contributed by atoms with E-state index in [1.807, 2.05) is 13.1 Å². The van der Waals surface area contributed by atoms with Crippen molar-refractivity contribution in [3.8, 4) is 0 Å². The van der Waals surface area contributed by atoms with Crippen molar-refractivity contribution in [1.82, 2.24) is 10.3 Å². The highest BCUT2D eigenvalue weighted by Crippen LogP contribution is 2.14. The third kappa shape index (κ3) is 3.90. The molecule has 100 valence electrons. The Hall–Kier alpha value is -1.67. The van der Waals surface area contributed by atoms with Gasteiger partial charge in [0.25, 0.3) is 0 Å². The molecule has 2 heteroatoms. The Balaban J connectivity index is 1.93. The van der Waals surface area contributed by atoms with Crippen LogP contribution in [0.5, 0.6) is 0 Å². The molecule has 0 aliphatic heterocycles. The zero-order chi connectivity index (χ0) is 13.7. The molecule has 19 heavy (non-hydrogen) atoms. The van der Waals surface area contributed by atoms with Crippen LogP contribution in [0.4, 0.5) is 0 Å². The van der Waals surface area contributed by atoms with Crippen molar-refractivity contribution in [2.24, 2.45) is 0 Å². The number of hydrogen-bond donors (Lipinski definition) is 1. The fourth-order valence-corrected chi connectivity index (χ4v) is 2.03. The van der Waals surface area contributed by atoms with E-state index in [9.17, 15) is 0 Å². The molecule has 1 heterocycles. The minimum atomic E-state index is 0.354. The molecule has 0 fully saturated rings. The van der Waals surface area contributed by atoms with E-state index in [2.05, 4.69) is 60.5 Å². The fourth-order valence-electron chi connectivity index (χ4n) is 2.03. The Morgan fingerprint density at radius 3 is 2.32 bits per heavy atom. The minimum absolute atomic E-state index is 0.354. The van der Waals surface area contributed by atoms with E-state index in [1.54, 1.807) is 0 Å². The number of rotatable bonds is 5. The number of nitrogens with one attached hydrogen (secondary N) is 1. The summed E-state index contributed by atoms with van der Waals surface area (Å²) < 4.78 is 0. The van der Waals surface area contributed by atoms with Crippen molar-refractivity contribution in [3.05, 3.63) is 65.0 Å². The number of pyridine rings is 1. The summed E-state index contributed by atoms with van der Waals surface area (Å²) in [5.74, 6) is 0. The van der Waals surface area contributed by atoms with E-state index in [4.69, 9.17) is 0 Å². The van der Waals surface area contributed by atoms with Crippen molar-refractivity contribution in [1.29, 1.82) is 0 Å². The third-order valence-electron chi connectivity index (χ3n) is 3.47. The van der Waals surface area contributed by atoms with Crippen molar-refractivity contribution in [2.45, 2.75) is 39.8 Å². The lowest BCUT2D eigenvalue weighted by molar-refractivity contribution is 0.573. The second kappa shape index (κ2) is 6.48. The molecule has 0 aliphatic rings. The van der Waals surface area contributed by atoms with Crippen molar-refractivity contribution >= 4 is 0 Å². The summed E-state index contributed by atoms with van der Waals surface area (Å²) in [5.41, 5.74) is 5.01. The Kier molecular flexibility index (Phi) is 4.69. The summed E-state index contributed by atoms with van der Waals surface area (Å²) in [6.45, 7) is 7.24. The summed E-state index contributed by atoms with van der Waals surface area (Å²) >= 11 is 0. The highest BCUT2D eigenvalue weighted by Gasteiger charge is 2.04. The van der Waals surface area contributed by atoms with Gasteiger partial charge in [-0.15, -0.1) is 0 Å². The number of aryl methyl sites for hydroxylation is 2. The lowest BCUT2D eigenvalue weighted by Gasteiger charge is -2.14. The molecule has 1 N–H and O–H groups in total. The Bertz CT molecular complexity index is 500. The van der Waals surface area contributed by atoms with Crippen LogP contribution in [-0.2, 0) is 13.0 Å². The van der Waals surface area contributed by atoms with Gasteiger partial charge >= 0.3 is 0 Å². The quantitative estimate of drug-likeness (QED) is 0.877. The van der Waals surface area contributed by atoms with Gasteiger partial charge in [-0.25, -0.2) is 0 Å². The molecule has 2 rings (SSSR count). The molecule has 0 saturated carbocycles. The molecule has 0 amide bonds. The summed E-state index contributed by atoms with van der Waals surface area (Å²) in [6.07, 6.45) is 3.03. The van der Waals surface area contributed by atoms with Crippen molar-refractivity contribution < 1.29 is 0 Å². The summed E-state index contributed by atoms with van der Waals surface area (Å²) in [5, 5.41) is 3.53. The van der Waals surface area contributed by atoms with Crippen LogP contribution in [0.1, 0.15) is 42.3 Å². The molecule has 0 bridgehead atoms. The van der Waals surface area contributed by atoms with Gasteiger partial charge in [0.05, 0.1) is 0 Å². The maximum atomic E-state index is 4.31. The first-order valence-corrected chi connectivity index (χ1v) is 6.92. The molecule has 1 aromatic heterocycles. The average Bonchev–Trinajstić information content (AvgIpc) is 2.46. The molecule has 2 aromatic rings. The van der Waals surface area contributed by atoms with Crippen molar-refractivity contribution in [2.75, 3.05) is 0 Å². The Morgan fingerprint density at radius 1 is 1.05 bits per heavy atom. The van der Waals surface area contributed by atoms with Crippen LogP contribution in [0.2, 0.25) is 0 Å². The zero-order valence-electron chi connectivity index (χ0n) is 12.0. The zero-order valence-corrected chi connectivity index (χ0v) is 12.0. The molecule has 0 saturated heterocycles. The molecule has 1 unspecified atom stereocenters. The lowest BCUT2D eigenvalue weighted by Crippen LogP contribution is -2.18. The van der Waals surface area contributed by atoms with E-state index in [0.717, 1.165) is 18.7 Å². The predicted molar refractivity (Wildman–Crippen MR) is 80.0 cm³/mol. The molecule has 0 spiro atoms. The van der Waals surface area contributed by atoms with Gasteiger partial charge in [0.15, 0.2) is 0 Å². The molecular weight excluding hydrogens is 232 g/mol. The van der Waals surface area contributed by atoms with E-state index in [1.165, 1.54) is 16.7 Å². The summed E-state index contributed by atoms with van der Waals surface area (Å²) in [6, 6.07) is 13.4. The molecule has 0 aliphatic carbocycles. The molecule has 2 nitrogen and oxygen atoms in total. The maximum Gasteiger partial charge on any atom is 0.0372 e. The molecular formula is C17H22N2. The molecule has 0 radical (unpaired) electrons. The second-order valence-corrected chi connectivity index (χ2v) is 5.01. The van der Waals surface area contributed by atoms with Gasteiger partial charge in [0, 0.05) is 24.5 Å². The monoisotopic (exact) mass is 254 g/mol. The molecule has 1 atom stereocenters. The average molecular weight is 254 g/mol. The van der Waals surface area contributed by atoms with Crippen LogP contribution in [0.15, 0.2) is 42.6 Å². The van der Waals surface area contributed by atoms with Crippen LogP contribution < -0.4 is 5.32 Å². The number of benzene rings is 1. The largest absolute Gasteiger partial charge is 0.306 e. The first-order chi connectivity index (χ1) is 9.19. The van der Waals surface area contributed by atoms with Gasteiger partial charge < -0.3 is 5.32 Å². The predicted octanol–water partition coefficient (Wildman–Crippen LogP) is 3.80. The van der Waals surface area contributed by atoms with Gasteiger partial charge in [-0.1, -0.05) is 37.3 Å². The van der Waals surface area contributed by atoms with Gasteiger partial charge in [-0.3, -0.25) is 4.98 Å². The SMILES string of the molecule is CCc1ccc(C(C)NCc2ccc(C)nc2)cc1. The maximum absolute atomic E-state index is 4.31. The van der Waals surface area contributed by atoms with Gasteiger partial charge in [0.1, 0.15) is 0 Å². The fraction of sp³-hybridized carbons (Fsp3) is 0.353. The van der Waals surface area contributed by atoms with Gasteiger partial charge in [-0.05, 0) is 43.0 Å². The standard InChI is InChI=1S/C17H22N2/c1-4-15-7-9-17(10-8-15)14(3)19-12-16-6-5-13(2)18-11-16/h5-11,14,19H,4,12H2,1-3H3. The number of nitrogens with zero attached hydrogens (tertiary/aromatic N) is 1. The van der Waals surface area contributed by atoms with Crippen LogP contribution in [0.3, 0.4) is 0 Å². The van der Waals surface area contributed by atoms with E-state index >= 15 is 0 Å². The van der Waals surface area contributed by atoms with E-state index < -0.39 is 0 Å². The van der Waals surface area contributed by atoms with Crippen LogP contribution >= 0.6 is 0 Å². The Labute approximate surface area is 115 Å². The summed E-state index contributed by atoms with van der Waals surface area (Å²) in [7, 11) is 0. The molecule has 1 aromatic carbocycles. The van der Waals surface area contributed by atoms with E-state index in [0.29, 0.717) is 6.04 Å².